The summed E-state index contributed by atoms with van der Waals surface area (Å²) in [6.45, 7) is 0. The summed E-state index contributed by atoms with van der Waals surface area (Å²) >= 11 is 25.5. The van der Waals surface area contributed by atoms with Crippen LogP contribution >= 0.6 is 119 Å². The van der Waals surface area contributed by atoms with Crippen LogP contribution in [0.2, 0.25) is 0 Å². The van der Waals surface area contributed by atoms with Crippen molar-refractivity contribution in [2.24, 2.45) is 0 Å². The smallest absolute Gasteiger partial charge is 0.0537 e. The lowest BCUT2D eigenvalue weighted by Gasteiger charge is -2.29. The Morgan fingerprint density at radius 2 is 1.19 bits per heavy atom. The zero-order valence-corrected chi connectivity index (χ0v) is 19.7. The third kappa shape index (κ3) is 8.62. The van der Waals surface area contributed by atoms with Crippen LogP contribution in [0.1, 0.15) is 12.8 Å². The van der Waals surface area contributed by atoms with Crippen molar-refractivity contribution in [1.82, 2.24) is 0 Å². The molecule has 2 saturated heterocycles. The molecule has 2 aliphatic rings. The van der Waals surface area contributed by atoms with Gasteiger partial charge in [0, 0.05) is 25.4 Å². The molecule has 0 bridgehead atoms. The van der Waals surface area contributed by atoms with Gasteiger partial charge in [-0.05, 0) is 12.8 Å². The molecule has 0 aromatic rings. The number of thioether (sulfide) groups is 8. The molecule has 0 radical (unpaired) electrons. The summed E-state index contributed by atoms with van der Waals surface area (Å²) in [6, 6.07) is 0. The van der Waals surface area contributed by atoms with Gasteiger partial charge in [0.25, 0.3) is 0 Å². The normalized spacial score (nSPS) is 22.6. The predicted molar refractivity (Wildman–Crippen MR) is 127 cm³/mol. The maximum Gasteiger partial charge on any atom is 0.0537 e. The predicted octanol–water partition coefficient (Wildman–Crippen LogP) is 6.61. The lowest BCUT2D eigenvalue weighted by Crippen LogP contribution is -2.15. The van der Waals surface area contributed by atoms with E-state index in [2.05, 4.69) is 95.8 Å². The first kappa shape index (κ1) is 20.8. The highest BCUT2D eigenvalue weighted by molar-refractivity contribution is 8.33. The first-order chi connectivity index (χ1) is 10.3. The first-order valence-electron chi connectivity index (χ1n) is 6.46. The van der Waals surface area contributed by atoms with Gasteiger partial charge in [0.2, 0.25) is 0 Å². The minimum atomic E-state index is 0.717. The van der Waals surface area contributed by atoms with Crippen LogP contribution in [0.4, 0.5) is 0 Å². The van der Waals surface area contributed by atoms with Gasteiger partial charge in [-0.2, -0.15) is 25.3 Å². The number of rotatable bonds is 12. The quantitative estimate of drug-likeness (QED) is 0.237. The van der Waals surface area contributed by atoms with Crippen molar-refractivity contribution in [2.45, 2.75) is 31.2 Å². The minimum absolute atomic E-state index is 0.717. The molecule has 10 heteroatoms. The van der Waals surface area contributed by atoms with E-state index in [9.17, 15) is 0 Å². The zero-order chi connectivity index (χ0) is 14.9. The molecule has 124 valence electrons. The summed E-state index contributed by atoms with van der Waals surface area (Å²) in [4.78, 5) is 0. The van der Waals surface area contributed by atoms with Crippen LogP contribution in [-0.2, 0) is 0 Å². The molecule has 0 N–H and O–H groups in total. The largest absolute Gasteiger partial charge is 0.168 e. The highest BCUT2D eigenvalue weighted by Crippen LogP contribution is 2.47. The highest BCUT2D eigenvalue weighted by atomic mass is 32.3. The van der Waals surface area contributed by atoms with Gasteiger partial charge >= 0.3 is 0 Å². The van der Waals surface area contributed by atoms with Crippen molar-refractivity contribution in [3.05, 3.63) is 0 Å². The van der Waals surface area contributed by atoms with E-state index in [1.807, 2.05) is 23.5 Å². The number of hydrogen-bond acceptors (Lipinski definition) is 10. The molecule has 2 atom stereocenters. The maximum absolute atomic E-state index is 4.40. The van der Waals surface area contributed by atoms with Crippen molar-refractivity contribution in [3.63, 3.8) is 0 Å². The van der Waals surface area contributed by atoms with Gasteiger partial charge in [-0.25, -0.2) is 0 Å². The monoisotopic (exact) mass is 472 g/mol. The second-order valence-corrected chi connectivity index (χ2v) is 17.4. The van der Waals surface area contributed by atoms with Gasteiger partial charge in [-0.3, -0.25) is 0 Å². The van der Waals surface area contributed by atoms with Gasteiger partial charge in [0.05, 0.1) is 18.3 Å². The van der Waals surface area contributed by atoms with E-state index in [4.69, 9.17) is 0 Å². The van der Waals surface area contributed by atoms with Crippen molar-refractivity contribution in [3.8, 4) is 0 Å². The highest BCUT2D eigenvalue weighted by Gasteiger charge is 2.26. The van der Waals surface area contributed by atoms with E-state index in [1.54, 1.807) is 0 Å². The molecular weight excluding hydrogens is 453 g/mol. The standard InChI is InChI=1S/C11H20S10/c12-3-14-8(1-10-18-6-19-10)16-5-17-9(15-4-13)2-11-20-7-21-11/h8-13H,1-7H2. The van der Waals surface area contributed by atoms with Crippen LogP contribution in [0, 0.1) is 0 Å². The summed E-state index contributed by atoms with van der Waals surface area (Å²) in [5.41, 5.74) is 0. The number of hydrogen-bond donors (Lipinski definition) is 2. The molecule has 21 heavy (non-hydrogen) atoms. The SMILES string of the molecule is SCSC(CC1SCS1)SCSC(CC1SCS1)SCS. The van der Waals surface area contributed by atoms with Crippen LogP contribution in [-0.4, -0.2) is 43.8 Å². The van der Waals surface area contributed by atoms with E-state index >= 15 is 0 Å². The Balaban J connectivity index is 1.62. The molecule has 2 rings (SSSR count). The van der Waals surface area contributed by atoms with E-state index in [0.29, 0.717) is 0 Å². The summed E-state index contributed by atoms with van der Waals surface area (Å²) in [7, 11) is 0. The number of thiol groups is 2. The summed E-state index contributed by atoms with van der Waals surface area (Å²) in [5, 5.41) is 5.67. The van der Waals surface area contributed by atoms with E-state index in [1.165, 1.54) is 28.1 Å². The van der Waals surface area contributed by atoms with E-state index in [-0.39, 0.29) is 0 Å². The Hall–Kier alpha value is 3.50. The maximum atomic E-state index is 4.40. The Bertz CT molecular complexity index is 244. The fraction of sp³-hybridized carbons (Fsp3) is 1.00. The molecule has 0 aromatic heterocycles. The molecule has 2 aliphatic heterocycles. The van der Waals surface area contributed by atoms with E-state index in [0.717, 1.165) is 28.5 Å². The van der Waals surface area contributed by atoms with Gasteiger partial charge < -0.3 is 0 Å². The second-order valence-electron chi connectivity index (χ2n) is 4.13. The fourth-order valence-electron chi connectivity index (χ4n) is 1.64. The van der Waals surface area contributed by atoms with Crippen LogP contribution in [0.25, 0.3) is 0 Å². The van der Waals surface area contributed by atoms with Crippen molar-refractivity contribution in [1.29, 1.82) is 0 Å². The molecular formula is C11H20S10. The summed E-state index contributed by atoms with van der Waals surface area (Å²) < 4.78 is 3.11. The minimum Gasteiger partial charge on any atom is -0.168 e. The zero-order valence-electron chi connectivity index (χ0n) is 11.4. The molecule has 2 unspecified atom stereocenters. The Morgan fingerprint density at radius 1 is 0.762 bits per heavy atom. The van der Waals surface area contributed by atoms with Crippen molar-refractivity contribution in [2.75, 3.05) is 25.4 Å². The Morgan fingerprint density at radius 3 is 1.48 bits per heavy atom. The van der Waals surface area contributed by atoms with Crippen molar-refractivity contribution < 1.29 is 0 Å². The third-order valence-corrected chi connectivity index (χ3v) is 15.1. The van der Waals surface area contributed by atoms with Gasteiger partial charge in [0.15, 0.2) is 0 Å². The third-order valence-electron chi connectivity index (χ3n) is 2.81. The van der Waals surface area contributed by atoms with Gasteiger partial charge in [-0.1, -0.05) is 0 Å². The Kier molecular flexibility index (Phi) is 12.7. The topological polar surface area (TPSA) is 0 Å². The van der Waals surface area contributed by atoms with Crippen LogP contribution < -0.4 is 0 Å². The summed E-state index contributed by atoms with van der Waals surface area (Å²) in [6.07, 6.45) is 2.65. The molecule has 0 spiro atoms. The lowest BCUT2D eigenvalue weighted by atomic mass is 10.5. The molecule has 0 saturated carbocycles. The lowest BCUT2D eigenvalue weighted by molar-refractivity contribution is 1.02. The molecule has 0 nitrogen and oxygen atoms in total. The average molecular weight is 473 g/mol. The average Bonchev–Trinajstić information content (AvgIpc) is 2.37. The van der Waals surface area contributed by atoms with Gasteiger partial charge in [0.1, 0.15) is 0 Å². The van der Waals surface area contributed by atoms with Crippen molar-refractivity contribution >= 4 is 119 Å². The summed E-state index contributed by atoms with van der Waals surface area (Å²) in [5.74, 6) is 0. The second kappa shape index (κ2) is 12.8. The molecule has 0 aliphatic carbocycles. The Labute approximate surface area is 174 Å². The first-order valence-corrected chi connectivity index (χ1v) is 16.1. The molecule has 0 aromatic carbocycles. The molecule has 0 amide bonds. The van der Waals surface area contributed by atoms with Crippen LogP contribution in [0.15, 0.2) is 0 Å². The van der Waals surface area contributed by atoms with Crippen LogP contribution in [0.3, 0.4) is 0 Å². The van der Waals surface area contributed by atoms with E-state index < -0.39 is 0 Å². The molecule has 2 heterocycles. The fourth-order valence-corrected chi connectivity index (χ4v) is 13.6. The molecule has 2 fully saturated rings. The van der Waals surface area contributed by atoms with Crippen LogP contribution in [0.5, 0.6) is 0 Å². The van der Waals surface area contributed by atoms with Gasteiger partial charge in [-0.15, -0.1) is 94.1 Å².